The molecule has 1 aromatic carbocycles. The van der Waals surface area contributed by atoms with Crippen LogP contribution in [-0.2, 0) is 4.79 Å². The highest BCUT2D eigenvalue weighted by Gasteiger charge is 2.29. The van der Waals surface area contributed by atoms with E-state index in [4.69, 9.17) is 0 Å². The molecule has 2 rings (SSSR count). The Morgan fingerprint density at radius 3 is 2.52 bits per heavy atom. The van der Waals surface area contributed by atoms with Gasteiger partial charge in [0.2, 0.25) is 5.91 Å². The molecule has 1 fully saturated rings. The highest BCUT2D eigenvalue weighted by molar-refractivity contribution is 5.76. The minimum Gasteiger partial charge on any atom is -0.388 e. The number of hydrogen-bond donors (Lipinski definition) is 2. The van der Waals surface area contributed by atoms with Crippen LogP contribution >= 0.6 is 0 Å². The van der Waals surface area contributed by atoms with E-state index in [1.54, 1.807) is 12.1 Å². The number of nitrogens with one attached hydrogen (secondary N) is 1. The van der Waals surface area contributed by atoms with Crippen LogP contribution < -0.4 is 5.32 Å². The summed E-state index contributed by atoms with van der Waals surface area (Å²) in [5.74, 6) is -0.299. The fourth-order valence-electron chi connectivity index (χ4n) is 2.91. The molecule has 0 spiro atoms. The minimum atomic E-state index is -0.729. The molecule has 1 atom stereocenters. The highest BCUT2D eigenvalue weighted by atomic mass is 19.1. The number of aliphatic hydroxyl groups is 1. The van der Waals surface area contributed by atoms with E-state index in [1.807, 2.05) is 6.92 Å². The lowest BCUT2D eigenvalue weighted by Crippen LogP contribution is -2.44. The normalized spacial score (nSPS) is 19.0. The molecule has 21 heavy (non-hydrogen) atoms. The minimum absolute atomic E-state index is 0.0339. The predicted octanol–water partition coefficient (Wildman–Crippen LogP) is 3.13. The molecular weight excluding hydrogens is 269 g/mol. The second-order valence-electron chi connectivity index (χ2n) is 6.22. The first-order chi connectivity index (χ1) is 9.98. The standard InChI is InChI=1S/C17H24FNO2/c1-13(14-5-7-15(18)8-6-14)11-16(20)19-12-17(21)9-3-2-4-10-17/h5-8,13,21H,2-4,9-12H2,1H3,(H,19,20). The van der Waals surface area contributed by atoms with E-state index >= 15 is 0 Å². The largest absolute Gasteiger partial charge is 0.388 e. The first-order valence-corrected chi connectivity index (χ1v) is 7.73. The van der Waals surface area contributed by atoms with Gasteiger partial charge in [-0.05, 0) is 36.5 Å². The molecular formula is C17H24FNO2. The maximum atomic E-state index is 12.9. The summed E-state index contributed by atoms with van der Waals surface area (Å²) in [6.07, 6.45) is 5.10. The van der Waals surface area contributed by atoms with Crippen LogP contribution in [0.2, 0.25) is 0 Å². The second kappa shape index (κ2) is 7.03. The molecule has 2 N–H and O–H groups in total. The maximum absolute atomic E-state index is 12.9. The summed E-state index contributed by atoms with van der Waals surface area (Å²) in [5.41, 5.74) is 0.218. The van der Waals surface area contributed by atoms with E-state index in [-0.39, 0.29) is 17.6 Å². The summed E-state index contributed by atoms with van der Waals surface area (Å²) in [6, 6.07) is 6.24. The van der Waals surface area contributed by atoms with E-state index in [9.17, 15) is 14.3 Å². The third kappa shape index (κ3) is 4.81. The van der Waals surface area contributed by atoms with Gasteiger partial charge in [0.05, 0.1) is 5.60 Å². The second-order valence-corrected chi connectivity index (χ2v) is 6.22. The lowest BCUT2D eigenvalue weighted by Gasteiger charge is -2.32. The molecule has 0 aliphatic heterocycles. The quantitative estimate of drug-likeness (QED) is 0.876. The first-order valence-electron chi connectivity index (χ1n) is 7.73. The smallest absolute Gasteiger partial charge is 0.220 e. The molecule has 3 nitrogen and oxygen atoms in total. The summed E-state index contributed by atoms with van der Waals surface area (Å²) >= 11 is 0. The van der Waals surface area contributed by atoms with Gasteiger partial charge in [-0.1, -0.05) is 38.3 Å². The fourth-order valence-corrected chi connectivity index (χ4v) is 2.91. The number of hydrogen-bond acceptors (Lipinski definition) is 2. The van der Waals surface area contributed by atoms with Gasteiger partial charge in [-0.25, -0.2) is 4.39 Å². The van der Waals surface area contributed by atoms with Gasteiger partial charge in [0, 0.05) is 13.0 Å². The van der Waals surface area contributed by atoms with Crippen molar-refractivity contribution < 1.29 is 14.3 Å². The van der Waals surface area contributed by atoms with E-state index < -0.39 is 5.60 Å². The van der Waals surface area contributed by atoms with Crippen molar-refractivity contribution >= 4 is 5.91 Å². The molecule has 1 aliphatic rings. The Morgan fingerprint density at radius 2 is 1.90 bits per heavy atom. The topological polar surface area (TPSA) is 49.3 Å². The number of benzene rings is 1. The molecule has 1 aromatic rings. The van der Waals surface area contributed by atoms with Crippen LogP contribution in [0.5, 0.6) is 0 Å². The van der Waals surface area contributed by atoms with E-state index in [0.29, 0.717) is 13.0 Å². The van der Waals surface area contributed by atoms with Gasteiger partial charge in [0.25, 0.3) is 0 Å². The van der Waals surface area contributed by atoms with Crippen LogP contribution in [0.25, 0.3) is 0 Å². The molecule has 1 unspecified atom stereocenters. The molecule has 0 bridgehead atoms. The van der Waals surface area contributed by atoms with Gasteiger partial charge in [0.1, 0.15) is 5.82 Å². The molecule has 1 amide bonds. The van der Waals surface area contributed by atoms with Gasteiger partial charge < -0.3 is 10.4 Å². The number of rotatable bonds is 5. The lowest BCUT2D eigenvalue weighted by atomic mass is 9.85. The third-order valence-electron chi connectivity index (χ3n) is 4.33. The molecule has 4 heteroatoms. The molecule has 0 heterocycles. The Hall–Kier alpha value is -1.42. The summed E-state index contributed by atoms with van der Waals surface area (Å²) in [4.78, 5) is 12.0. The van der Waals surface area contributed by atoms with Crippen molar-refractivity contribution in [3.05, 3.63) is 35.6 Å². The van der Waals surface area contributed by atoms with Crippen LogP contribution in [0.3, 0.4) is 0 Å². The monoisotopic (exact) mass is 293 g/mol. The van der Waals surface area contributed by atoms with E-state index in [0.717, 1.165) is 37.7 Å². The molecule has 0 radical (unpaired) electrons. The third-order valence-corrected chi connectivity index (χ3v) is 4.33. The SMILES string of the molecule is CC(CC(=O)NCC1(O)CCCCC1)c1ccc(F)cc1. The van der Waals surface area contributed by atoms with Crippen LogP contribution in [0, 0.1) is 5.82 Å². The Bertz CT molecular complexity index is 466. The molecule has 0 aromatic heterocycles. The van der Waals surface area contributed by atoms with Crippen molar-refractivity contribution in [2.75, 3.05) is 6.54 Å². The first kappa shape index (κ1) is 16.0. The Labute approximate surface area is 125 Å². The zero-order valence-corrected chi connectivity index (χ0v) is 12.6. The van der Waals surface area contributed by atoms with Crippen molar-refractivity contribution in [1.82, 2.24) is 5.32 Å². The van der Waals surface area contributed by atoms with Gasteiger partial charge in [-0.3, -0.25) is 4.79 Å². The van der Waals surface area contributed by atoms with Crippen LogP contribution in [0.4, 0.5) is 4.39 Å². The van der Waals surface area contributed by atoms with E-state index in [2.05, 4.69) is 5.32 Å². The molecule has 1 saturated carbocycles. The van der Waals surface area contributed by atoms with Crippen molar-refractivity contribution in [3.8, 4) is 0 Å². The van der Waals surface area contributed by atoms with Crippen molar-refractivity contribution in [3.63, 3.8) is 0 Å². The van der Waals surface area contributed by atoms with Crippen LogP contribution in [-0.4, -0.2) is 23.2 Å². The summed E-state index contributed by atoms with van der Waals surface area (Å²) in [7, 11) is 0. The van der Waals surface area contributed by atoms with Crippen LogP contribution in [0.15, 0.2) is 24.3 Å². The molecule has 0 saturated heterocycles. The van der Waals surface area contributed by atoms with Crippen molar-refractivity contribution in [1.29, 1.82) is 0 Å². The molecule has 116 valence electrons. The summed E-state index contributed by atoms with van der Waals surface area (Å²) in [5, 5.41) is 13.2. The van der Waals surface area contributed by atoms with Crippen molar-refractivity contribution in [2.45, 2.75) is 57.0 Å². The predicted molar refractivity (Wildman–Crippen MR) is 80.5 cm³/mol. The number of amides is 1. The van der Waals surface area contributed by atoms with Gasteiger partial charge in [-0.15, -0.1) is 0 Å². The Balaban J connectivity index is 1.79. The Kier molecular flexibility index (Phi) is 5.34. The number of carbonyl (C=O) groups excluding carboxylic acids is 1. The fraction of sp³-hybridized carbons (Fsp3) is 0.588. The lowest BCUT2D eigenvalue weighted by molar-refractivity contribution is -0.123. The maximum Gasteiger partial charge on any atom is 0.220 e. The van der Waals surface area contributed by atoms with E-state index in [1.165, 1.54) is 12.1 Å². The summed E-state index contributed by atoms with van der Waals surface area (Å²) < 4.78 is 12.9. The van der Waals surface area contributed by atoms with Gasteiger partial charge >= 0.3 is 0 Å². The number of halogens is 1. The zero-order chi connectivity index (χ0) is 15.3. The number of carbonyl (C=O) groups is 1. The van der Waals surface area contributed by atoms with Crippen LogP contribution in [0.1, 0.15) is 56.9 Å². The van der Waals surface area contributed by atoms with Crippen molar-refractivity contribution in [2.24, 2.45) is 0 Å². The molecule has 1 aliphatic carbocycles. The van der Waals surface area contributed by atoms with Gasteiger partial charge in [-0.2, -0.15) is 0 Å². The zero-order valence-electron chi connectivity index (χ0n) is 12.6. The average Bonchev–Trinajstić information content (AvgIpc) is 2.47. The Morgan fingerprint density at radius 1 is 1.29 bits per heavy atom. The average molecular weight is 293 g/mol. The highest BCUT2D eigenvalue weighted by Crippen LogP contribution is 2.27. The summed E-state index contributed by atoms with van der Waals surface area (Å²) in [6.45, 7) is 2.28. The van der Waals surface area contributed by atoms with Gasteiger partial charge in [0.15, 0.2) is 0 Å².